The fourth-order valence-electron chi connectivity index (χ4n) is 1.96. The Kier molecular flexibility index (Phi) is 4.03. The van der Waals surface area contributed by atoms with Gasteiger partial charge >= 0.3 is 5.76 Å². The van der Waals surface area contributed by atoms with Crippen molar-refractivity contribution in [1.82, 2.24) is 9.78 Å². The minimum Gasteiger partial charge on any atom is -0.459 e. The lowest BCUT2D eigenvalue weighted by molar-refractivity contribution is -0.117. The zero-order valence-corrected chi connectivity index (χ0v) is 12.8. The Bertz CT molecular complexity index is 896. The number of carbonyl (C=O) groups is 1. The second kappa shape index (κ2) is 6.13. The number of benzene rings is 1. The molecule has 0 atom stereocenters. The molecule has 0 fully saturated rings. The maximum Gasteiger partial charge on any atom is 0.437 e. The van der Waals surface area contributed by atoms with Crippen LogP contribution < -0.4 is 11.1 Å². The first-order chi connectivity index (χ1) is 11.0. The number of nitrogens with one attached hydrogen (secondary N) is 1. The molecule has 0 saturated heterocycles. The molecule has 0 aliphatic carbocycles. The molecule has 1 aromatic carbocycles. The molecule has 0 spiro atoms. The molecule has 23 heavy (non-hydrogen) atoms. The smallest absolute Gasteiger partial charge is 0.437 e. The second-order valence-electron chi connectivity index (χ2n) is 4.82. The van der Waals surface area contributed by atoms with Gasteiger partial charge in [-0.05, 0) is 36.8 Å². The molecule has 3 rings (SSSR count). The first kappa shape index (κ1) is 15.1. The van der Waals surface area contributed by atoms with Crippen LogP contribution in [-0.4, -0.2) is 15.7 Å². The number of halogens is 1. The molecule has 2 heterocycles. The van der Waals surface area contributed by atoms with Crippen molar-refractivity contribution in [2.75, 3.05) is 5.32 Å². The zero-order chi connectivity index (χ0) is 16.4. The van der Waals surface area contributed by atoms with Crippen molar-refractivity contribution in [3.63, 3.8) is 0 Å². The van der Waals surface area contributed by atoms with Crippen molar-refractivity contribution in [3.05, 3.63) is 57.7 Å². The van der Waals surface area contributed by atoms with Crippen molar-refractivity contribution in [3.8, 4) is 11.7 Å². The molecule has 0 bridgehead atoms. The lowest BCUT2D eigenvalue weighted by atomic mass is 10.2. The number of carbonyl (C=O) groups excluding carboxylic acids is 1. The molecular formula is C15H12ClN3O4. The molecule has 0 aliphatic rings. The van der Waals surface area contributed by atoms with Crippen LogP contribution in [0.4, 0.5) is 5.69 Å². The highest BCUT2D eigenvalue weighted by molar-refractivity contribution is 6.31. The summed E-state index contributed by atoms with van der Waals surface area (Å²) in [6.07, 6.45) is 1.43. The van der Waals surface area contributed by atoms with Gasteiger partial charge in [-0.1, -0.05) is 17.7 Å². The Labute approximate surface area is 135 Å². The molecule has 0 unspecified atom stereocenters. The quantitative estimate of drug-likeness (QED) is 0.792. The van der Waals surface area contributed by atoms with Crippen molar-refractivity contribution in [1.29, 1.82) is 0 Å². The third-order valence-electron chi connectivity index (χ3n) is 3.11. The molecule has 2 aromatic heterocycles. The summed E-state index contributed by atoms with van der Waals surface area (Å²) in [6, 6.07) is 8.39. The van der Waals surface area contributed by atoms with Crippen LogP contribution in [0.25, 0.3) is 11.7 Å². The number of rotatable bonds is 4. The zero-order valence-electron chi connectivity index (χ0n) is 12.1. The maximum absolute atomic E-state index is 12.1. The number of anilines is 1. The number of aryl methyl sites for hydroxylation is 1. The monoisotopic (exact) mass is 333 g/mol. The molecule has 0 radical (unpaired) electrons. The summed E-state index contributed by atoms with van der Waals surface area (Å²) in [4.78, 5) is 23.8. The summed E-state index contributed by atoms with van der Waals surface area (Å²) in [5.41, 5.74) is 1.43. The van der Waals surface area contributed by atoms with Crippen LogP contribution in [0, 0.1) is 6.92 Å². The van der Waals surface area contributed by atoms with E-state index in [1.165, 1.54) is 6.26 Å². The maximum atomic E-state index is 12.1. The third-order valence-corrected chi connectivity index (χ3v) is 3.34. The summed E-state index contributed by atoms with van der Waals surface area (Å²) in [7, 11) is 0. The van der Waals surface area contributed by atoms with Crippen molar-refractivity contribution < 1.29 is 13.6 Å². The van der Waals surface area contributed by atoms with Gasteiger partial charge in [0.2, 0.25) is 5.91 Å². The molecule has 118 valence electrons. The summed E-state index contributed by atoms with van der Waals surface area (Å²) in [5.74, 6) is -0.829. The Hall–Kier alpha value is -2.80. The average molecular weight is 334 g/mol. The summed E-state index contributed by atoms with van der Waals surface area (Å²) in [5, 5.41) is 7.12. The van der Waals surface area contributed by atoms with E-state index < -0.39 is 11.7 Å². The fourth-order valence-corrected chi connectivity index (χ4v) is 2.13. The van der Waals surface area contributed by atoms with Gasteiger partial charge in [0.15, 0.2) is 5.76 Å². The van der Waals surface area contributed by atoms with E-state index in [0.717, 1.165) is 10.2 Å². The molecule has 8 heteroatoms. The number of nitrogens with zero attached hydrogens (tertiary/aromatic N) is 2. The SMILES string of the molecule is Cc1ccc(Cl)cc1NC(=O)Cn1nc(-c2ccco2)oc1=O. The van der Waals surface area contributed by atoms with Gasteiger partial charge in [0.05, 0.1) is 6.26 Å². The Morgan fingerprint density at radius 2 is 2.22 bits per heavy atom. The van der Waals surface area contributed by atoms with Crippen LogP contribution in [0.5, 0.6) is 0 Å². The summed E-state index contributed by atoms with van der Waals surface area (Å²) in [6.45, 7) is 1.55. The van der Waals surface area contributed by atoms with E-state index in [2.05, 4.69) is 10.4 Å². The number of aromatic nitrogens is 2. The second-order valence-corrected chi connectivity index (χ2v) is 5.25. The van der Waals surface area contributed by atoms with Crippen LogP contribution in [0.2, 0.25) is 5.02 Å². The van der Waals surface area contributed by atoms with Gasteiger partial charge in [0.25, 0.3) is 5.89 Å². The average Bonchev–Trinajstić information content (AvgIpc) is 3.13. The Balaban J connectivity index is 1.76. The van der Waals surface area contributed by atoms with Gasteiger partial charge in [0.1, 0.15) is 6.54 Å². The van der Waals surface area contributed by atoms with E-state index >= 15 is 0 Å². The van der Waals surface area contributed by atoms with Crippen LogP contribution in [-0.2, 0) is 11.3 Å². The normalized spacial score (nSPS) is 10.7. The van der Waals surface area contributed by atoms with Gasteiger partial charge < -0.3 is 14.2 Å². The van der Waals surface area contributed by atoms with E-state index in [9.17, 15) is 9.59 Å². The van der Waals surface area contributed by atoms with E-state index in [-0.39, 0.29) is 12.4 Å². The number of hydrogen-bond donors (Lipinski definition) is 1. The largest absolute Gasteiger partial charge is 0.459 e. The molecule has 1 N–H and O–H groups in total. The molecule has 0 saturated carbocycles. The van der Waals surface area contributed by atoms with Gasteiger partial charge in [0, 0.05) is 10.7 Å². The van der Waals surface area contributed by atoms with Crippen LogP contribution in [0.3, 0.4) is 0 Å². The van der Waals surface area contributed by atoms with Crippen molar-refractivity contribution in [2.45, 2.75) is 13.5 Å². The molecule has 3 aromatic rings. The van der Waals surface area contributed by atoms with Crippen molar-refractivity contribution >= 4 is 23.2 Å². The summed E-state index contributed by atoms with van der Waals surface area (Å²) < 4.78 is 11.0. The number of amides is 1. The Morgan fingerprint density at radius 3 is 2.96 bits per heavy atom. The molecular weight excluding hydrogens is 322 g/mol. The van der Waals surface area contributed by atoms with E-state index in [0.29, 0.717) is 16.5 Å². The predicted molar refractivity (Wildman–Crippen MR) is 83.3 cm³/mol. The topological polar surface area (TPSA) is 90.3 Å². The number of hydrogen-bond acceptors (Lipinski definition) is 5. The molecule has 7 nitrogen and oxygen atoms in total. The van der Waals surface area contributed by atoms with Gasteiger partial charge in [-0.3, -0.25) is 4.79 Å². The lowest BCUT2D eigenvalue weighted by Crippen LogP contribution is -2.26. The third kappa shape index (κ3) is 3.35. The highest BCUT2D eigenvalue weighted by Crippen LogP contribution is 2.20. The van der Waals surface area contributed by atoms with E-state index in [1.54, 1.807) is 30.3 Å². The van der Waals surface area contributed by atoms with Gasteiger partial charge in [-0.2, -0.15) is 4.68 Å². The molecule has 0 aliphatic heterocycles. The highest BCUT2D eigenvalue weighted by Gasteiger charge is 2.15. The fraction of sp³-hybridized carbons (Fsp3) is 0.133. The van der Waals surface area contributed by atoms with Gasteiger partial charge in [-0.15, -0.1) is 5.10 Å². The predicted octanol–water partition coefficient (Wildman–Crippen LogP) is 2.70. The minimum atomic E-state index is -0.741. The molecule has 1 amide bonds. The standard InChI is InChI=1S/C15H12ClN3O4/c1-9-4-5-10(16)7-11(9)17-13(20)8-19-15(21)23-14(18-19)12-3-2-6-22-12/h2-7H,8H2,1H3,(H,17,20). The van der Waals surface area contributed by atoms with Crippen molar-refractivity contribution in [2.24, 2.45) is 0 Å². The first-order valence-electron chi connectivity index (χ1n) is 6.71. The first-order valence-corrected chi connectivity index (χ1v) is 7.08. The number of furan rings is 1. The van der Waals surface area contributed by atoms with E-state index in [1.807, 2.05) is 6.92 Å². The van der Waals surface area contributed by atoms with Gasteiger partial charge in [-0.25, -0.2) is 4.79 Å². The Morgan fingerprint density at radius 1 is 1.39 bits per heavy atom. The highest BCUT2D eigenvalue weighted by atomic mass is 35.5. The minimum absolute atomic E-state index is 0.0201. The van der Waals surface area contributed by atoms with Crippen LogP contribution >= 0.6 is 11.6 Å². The lowest BCUT2D eigenvalue weighted by Gasteiger charge is -2.08. The van der Waals surface area contributed by atoms with Crippen LogP contribution in [0.15, 0.2) is 50.2 Å². The van der Waals surface area contributed by atoms with E-state index in [4.69, 9.17) is 20.4 Å². The summed E-state index contributed by atoms with van der Waals surface area (Å²) >= 11 is 5.90. The van der Waals surface area contributed by atoms with Crippen LogP contribution in [0.1, 0.15) is 5.56 Å².